The SMILES string of the molecule is COc1ccc(Cl)cc1NC(=O)N/N=C(\C)CC(C)C. The van der Waals surface area contributed by atoms with Gasteiger partial charge >= 0.3 is 6.03 Å². The number of benzene rings is 1. The van der Waals surface area contributed by atoms with Crippen molar-refractivity contribution >= 4 is 29.0 Å². The number of ether oxygens (including phenoxy) is 1. The van der Waals surface area contributed by atoms with Gasteiger partial charge in [0.15, 0.2) is 0 Å². The summed E-state index contributed by atoms with van der Waals surface area (Å²) in [6.07, 6.45) is 0.834. The molecule has 0 heterocycles. The molecule has 0 fully saturated rings. The number of urea groups is 1. The standard InChI is InChI=1S/C14H20ClN3O2/c1-9(2)7-10(3)17-18-14(19)16-12-8-11(15)5-6-13(12)20-4/h5-6,8-9H,7H2,1-4H3,(H2,16,18,19)/b17-10+. The quantitative estimate of drug-likeness (QED) is 0.639. The molecule has 0 unspecified atom stereocenters. The molecule has 0 bridgehead atoms. The molecule has 0 atom stereocenters. The Kier molecular flexibility index (Phi) is 6.31. The largest absolute Gasteiger partial charge is 0.495 e. The molecule has 20 heavy (non-hydrogen) atoms. The van der Waals surface area contributed by atoms with Gasteiger partial charge in [-0.15, -0.1) is 0 Å². The first kappa shape index (κ1) is 16.3. The minimum Gasteiger partial charge on any atom is -0.495 e. The van der Waals surface area contributed by atoms with E-state index in [1.54, 1.807) is 18.2 Å². The number of hydrogen-bond donors (Lipinski definition) is 2. The van der Waals surface area contributed by atoms with E-state index in [9.17, 15) is 4.79 Å². The molecular weight excluding hydrogens is 278 g/mol. The molecule has 0 aliphatic carbocycles. The van der Waals surface area contributed by atoms with Crippen molar-refractivity contribution in [1.29, 1.82) is 0 Å². The Morgan fingerprint density at radius 3 is 2.75 bits per heavy atom. The Morgan fingerprint density at radius 2 is 2.15 bits per heavy atom. The highest BCUT2D eigenvalue weighted by molar-refractivity contribution is 6.31. The second-order valence-corrected chi connectivity index (χ2v) is 5.29. The van der Waals surface area contributed by atoms with Gasteiger partial charge in [0.05, 0.1) is 12.8 Å². The second kappa shape index (κ2) is 7.75. The maximum atomic E-state index is 11.8. The van der Waals surface area contributed by atoms with Crippen LogP contribution in [0.2, 0.25) is 5.02 Å². The lowest BCUT2D eigenvalue weighted by molar-refractivity contribution is 0.252. The van der Waals surface area contributed by atoms with Gasteiger partial charge in [0.2, 0.25) is 0 Å². The number of methoxy groups -OCH3 is 1. The smallest absolute Gasteiger partial charge is 0.339 e. The number of hydrogen-bond acceptors (Lipinski definition) is 3. The van der Waals surface area contributed by atoms with Crippen LogP contribution in [-0.4, -0.2) is 18.9 Å². The molecular formula is C14H20ClN3O2. The molecule has 1 aromatic carbocycles. The minimum absolute atomic E-state index is 0.436. The molecule has 2 amide bonds. The maximum Gasteiger partial charge on any atom is 0.339 e. The molecule has 0 aromatic heterocycles. The summed E-state index contributed by atoms with van der Waals surface area (Å²) < 4.78 is 5.14. The fraction of sp³-hybridized carbons (Fsp3) is 0.429. The number of rotatable bonds is 5. The highest BCUT2D eigenvalue weighted by Crippen LogP contribution is 2.27. The van der Waals surface area contributed by atoms with Crippen LogP contribution in [0, 0.1) is 5.92 Å². The van der Waals surface area contributed by atoms with Crippen molar-refractivity contribution in [2.24, 2.45) is 11.0 Å². The lowest BCUT2D eigenvalue weighted by Crippen LogP contribution is -2.25. The Morgan fingerprint density at radius 1 is 1.45 bits per heavy atom. The highest BCUT2D eigenvalue weighted by Gasteiger charge is 2.07. The molecule has 0 saturated carbocycles. The van der Waals surface area contributed by atoms with Crippen molar-refractivity contribution in [3.05, 3.63) is 23.2 Å². The Balaban J connectivity index is 2.65. The van der Waals surface area contributed by atoms with Gasteiger partial charge in [0.25, 0.3) is 0 Å². The van der Waals surface area contributed by atoms with E-state index in [0.29, 0.717) is 22.4 Å². The molecule has 110 valence electrons. The number of carbonyl (C=O) groups excluding carboxylic acids is 1. The fourth-order valence-electron chi connectivity index (χ4n) is 1.71. The summed E-state index contributed by atoms with van der Waals surface area (Å²) in [5, 5.41) is 7.18. The highest BCUT2D eigenvalue weighted by atomic mass is 35.5. The molecule has 2 N–H and O–H groups in total. The number of nitrogens with zero attached hydrogens (tertiary/aromatic N) is 1. The van der Waals surface area contributed by atoms with Crippen LogP contribution in [-0.2, 0) is 0 Å². The fourth-order valence-corrected chi connectivity index (χ4v) is 1.88. The molecule has 0 saturated heterocycles. The van der Waals surface area contributed by atoms with Crippen LogP contribution in [0.5, 0.6) is 5.75 Å². The van der Waals surface area contributed by atoms with Crippen molar-refractivity contribution in [3.63, 3.8) is 0 Å². The van der Waals surface area contributed by atoms with Crippen molar-refractivity contribution in [2.75, 3.05) is 12.4 Å². The van der Waals surface area contributed by atoms with E-state index in [2.05, 4.69) is 29.7 Å². The summed E-state index contributed by atoms with van der Waals surface area (Å²) in [5.74, 6) is 1.03. The van der Waals surface area contributed by atoms with Crippen LogP contribution < -0.4 is 15.5 Å². The number of anilines is 1. The third kappa shape index (κ3) is 5.48. The molecule has 6 heteroatoms. The van der Waals surface area contributed by atoms with Crippen LogP contribution in [0.3, 0.4) is 0 Å². The predicted molar refractivity (Wildman–Crippen MR) is 82.7 cm³/mol. The first-order valence-electron chi connectivity index (χ1n) is 6.36. The molecule has 0 aliphatic heterocycles. The summed E-state index contributed by atoms with van der Waals surface area (Å²) in [5.41, 5.74) is 3.81. The zero-order valence-corrected chi connectivity index (χ0v) is 12.9. The minimum atomic E-state index is -0.436. The van der Waals surface area contributed by atoms with Gasteiger partial charge in [-0.1, -0.05) is 25.4 Å². The van der Waals surface area contributed by atoms with E-state index in [1.807, 2.05) is 6.92 Å². The van der Waals surface area contributed by atoms with Gasteiger partial charge < -0.3 is 10.1 Å². The van der Waals surface area contributed by atoms with Crippen molar-refractivity contribution in [1.82, 2.24) is 5.43 Å². The van der Waals surface area contributed by atoms with E-state index in [1.165, 1.54) is 7.11 Å². The number of carbonyl (C=O) groups is 1. The number of amides is 2. The van der Waals surface area contributed by atoms with Gasteiger partial charge in [-0.05, 0) is 37.5 Å². The van der Waals surface area contributed by atoms with Crippen LogP contribution in [0.1, 0.15) is 27.2 Å². The zero-order chi connectivity index (χ0) is 15.1. The summed E-state index contributed by atoms with van der Waals surface area (Å²) in [6, 6.07) is 4.55. The summed E-state index contributed by atoms with van der Waals surface area (Å²) >= 11 is 5.89. The molecule has 1 rings (SSSR count). The molecule has 0 aliphatic rings. The van der Waals surface area contributed by atoms with Gasteiger partial charge in [-0.25, -0.2) is 10.2 Å². The third-order valence-electron chi connectivity index (χ3n) is 2.46. The average Bonchev–Trinajstić information content (AvgIpc) is 2.36. The average molecular weight is 298 g/mol. The molecule has 5 nitrogen and oxygen atoms in total. The summed E-state index contributed by atoms with van der Waals surface area (Å²) in [7, 11) is 1.53. The van der Waals surface area contributed by atoms with Crippen LogP contribution in [0.15, 0.2) is 23.3 Å². The lowest BCUT2D eigenvalue weighted by Gasteiger charge is -2.10. The van der Waals surface area contributed by atoms with E-state index in [-0.39, 0.29) is 0 Å². The monoisotopic (exact) mass is 297 g/mol. The topological polar surface area (TPSA) is 62.7 Å². The first-order valence-corrected chi connectivity index (χ1v) is 6.74. The number of hydrazone groups is 1. The Labute approximate surface area is 124 Å². The summed E-state index contributed by atoms with van der Waals surface area (Å²) in [6.45, 7) is 6.06. The molecule has 0 radical (unpaired) electrons. The lowest BCUT2D eigenvalue weighted by atomic mass is 10.1. The zero-order valence-electron chi connectivity index (χ0n) is 12.2. The Bertz CT molecular complexity index is 501. The molecule has 1 aromatic rings. The number of halogens is 1. The molecule has 0 spiro atoms. The van der Waals surface area contributed by atoms with Crippen molar-refractivity contribution in [3.8, 4) is 5.75 Å². The maximum absolute atomic E-state index is 11.8. The van der Waals surface area contributed by atoms with E-state index in [4.69, 9.17) is 16.3 Å². The predicted octanol–water partition coefficient (Wildman–Crippen LogP) is 3.89. The number of nitrogens with one attached hydrogen (secondary N) is 2. The van der Waals surface area contributed by atoms with Gasteiger partial charge in [-0.3, -0.25) is 0 Å². The van der Waals surface area contributed by atoms with Crippen LogP contribution in [0.4, 0.5) is 10.5 Å². The van der Waals surface area contributed by atoms with Gasteiger partial charge in [-0.2, -0.15) is 5.10 Å². The van der Waals surface area contributed by atoms with E-state index in [0.717, 1.165) is 12.1 Å². The van der Waals surface area contributed by atoms with E-state index >= 15 is 0 Å². The first-order chi connectivity index (χ1) is 9.42. The third-order valence-corrected chi connectivity index (χ3v) is 2.70. The van der Waals surface area contributed by atoms with Gasteiger partial charge in [0.1, 0.15) is 5.75 Å². The van der Waals surface area contributed by atoms with Gasteiger partial charge in [0, 0.05) is 10.7 Å². The van der Waals surface area contributed by atoms with Crippen LogP contribution in [0.25, 0.3) is 0 Å². The van der Waals surface area contributed by atoms with Crippen molar-refractivity contribution < 1.29 is 9.53 Å². The van der Waals surface area contributed by atoms with E-state index < -0.39 is 6.03 Å². The summed E-state index contributed by atoms with van der Waals surface area (Å²) in [4.78, 5) is 11.8. The normalized spacial score (nSPS) is 11.4. The van der Waals surface area contributed by atoms with Crippen molar-refractivity contribution in [2.45, 2.75) is 27.2 Å². The van der Waals surface area contributed by atoms with Crippen LogP contribution >= 0.6 is 11.6 Å². The second-order valence-electron chi connectivity index (χ2n) is 4.86. The Hall–Kier alpha value is -1.75.